The standard InChI is InChI=1S/C18H24N4O2S/c1-14(17(23)20-13-15-5-3-4-6-16(15)24-2)21-8-10-22(11-9-21)18-19-7-12-25-18/h3-7,12,14H,8-11,13H2,1-2H3,(H,20,23). The Labute approximate surface area is 152 Å². The molecule has 134 valence electrons. The van der Waals surface area contributed by atoms with Crippen LogP contribution in [0.3, 0.4) is 0 Å². The molecule has 1 amide bonds. The number of hydrogen-bond donors (Lipinski definition) is 1. The van der Waals surface area contributed by atoms with Crippen molar-refractivity contribution >= 4 is 22.4 Å². The summed E-state index contributed by atoms with van der Waals surface area (Å²) in [7, 11) is 1.64. The van der Waals surface area contributed by atoms with Crippen LogP contribution in [0.5, 0.6) is 5.75 Å². The minimum atomic E-state index is -0.145. The smallest absolute Gasteiger partial charge is 0.237 e. The van der Waals surface area contributed by atoms with E-state index >= 15 is 0 Å². The summed E-state index contributed by atoms with van der Waals surface area (Å²) in [6, 6.07) is 7.60. The van der Waals surface area contributed by atoms with Gasteiger partial charge in [0.15, 0.2) is 5.13 Å². The molecule has 6 nitrogen and oxygen atoms in total. The van der Waals surface area contributed by atoms with Crippen LogP contribution >= 0.6 is 11.3 Å². The Balaban J connectivity index is 1.49. The molecule has 1 atom stereocenters. The third kappa shape index (κ3) is 4.29. The van der Waals surface area contributed by atoms with Gasteiger partial charge in [0.1, 0.15) is 5.75 Å². The number of anilines is 1. The summed E-state index contributed by atoms with van der Waals surface area (Å²) >= 11 is 1.66. The van der Waals surface area contributed by atoms with Crippen LogP contribution < -0.4 is 15.0 Å². The topological polar surface area (TPSA) is 57.7 Å². The van der Waals surface area contributed by atoms with E-state index in [2.05, 4.69) is 20.1 Å². The summed E-state index contributed by atoms with van der Waals surface area (Å²) in [5.74, 6) is 0.848. The molecule has 1 aromatic carbocycles. The lowest BCUT2D eigenvalue weighted by Crippen LogP contribution is -2.53. The number of carbonyl (C=O) groups is 1. The number of hydrogen-bond acceptors (Lipinski definition) is 6. The molecule has 0 bridgehead atoms. The SMILES string of the molecule is COc1ccccc1CNC(=O)C(C)N1CCN(c2nccs2)CC1. The predicted molar refractivity (Wildman–Crippen MR) is 100 cm³/mol. The van der Waals surface area contributed by atoms with Crippen LogP contribution in [0, 0.1) is 0 Å². The average Bonchev–Trinajstić information content (AvgIpc) is 3.20. The lowest BCUT2D eigenvalue weighted by molar-refractivity contribution is -0.126. The summed E-state index contributed by atoms with van der Waals surface area (Å²) in [6.07, 6.45) is 1.83. The normalized spacial score (nSPS) is 16.5. The third-order valence-corrected chi connectivity index (χ3v) is 5.41. The maximum Gasteiger partial charge on any atom is 0.237 e. The van der Waals surface area contributed by atoms with Crippen LogP contribution in [0.25, 0.3) is 0 Å². The summed E-state index contributed by atoms with van der Waals surface area (Å²) in [4.78, 5) is 21.4. The molecule has 0 saturated carbocycles. The molecular formula is C18H24N4O2S. The van der Waals surface area contributed by atoms with E-state index in [9.17, 15) is 4.79 Å². The second kappa shape index (κ2) is 8.31. The van der Waals surface area contributed by atoms with Crippen molar-refractivity contribution in [2.45, 2.75) is 19.5 Å². The lowest BCUT2D eigenvalue weighted by Gasteiger charge is -2.37. The molecule has 2 aromatic rings. The Morgan fingerprint density at radius 3 is 2.76 bits per heavy atom. The minimum Gasteiger partial charge on any atom is -0.496 e. The zero-order valence-corrected chi connectivity index (χ0v) is 15.5. The van der Waals surface area contributed by atoms with Crippen LogP contribution in [0.2, 0.25) is 0 Å². The fraction of sp³-hybridized carbons (Fsp3) is 0.444. The van der Waals surface area contributed by atoms with E-state index < -0.39 is 0 Å². The quantitative estimate of drug-likeness (QED) is 0.854. The van der Waals surface area contributed by atoms with Gasteiger partial charge in [0.2, 0.25) is 5.91 Å². The molecule has 3 rings (SSSR count). The monoisotopic (exact) mass is 360 g/mol. The number of piperazine rings is 1. The first-order valence-corrected chi connectivity index (χ1v) is 9.35. The van der Waals surface area contributed by atoms with Crippen LogP contribution in [0.4, 0.5) is 5.13 Å². The zero-order valence-electron chi connectivity index (χ0n) is 14.6. The van der Waals surface area contributed by atoms with Crippen molar-refractivity contribution in [2.75, 3.05) is 38.2 Å². The molecule has 2 heterocycles. The fourth-order valence-electron chi connectivity index (χ4n) is 3.02. The number of para-hydroxylation sites is 1. The van der Waals surface area contributed by atoms with Gasteiger partial charge in [-0.15, -0.1) is 11.3 Å². The lowest BCUT2D eigenvalue weighted by atomic mass is 10.2. The van der Waals surface area contributed by atoms with E-state index in [0.29, 0.717) is 6.54 Å². The van der Waals surface area contributed by atoms with Crippen molar-refractivity contribution in [2.24, 2.45) is 0 Å². The number of benzene rings is 1. The highest BCUT2D eigenvalue weighted by Crippen LogP contribution is 2.20. The number of ether oxygens (including phenoxy) is 1. The highest BCUT2D eigenvalue weighted by atomic mass is 32.1. The van der Waals surface area contributed by atoms with Crippen molar-refractivity contribution in [3.63, 3.8) is 0 Å². The van der Waals surface area contributed by atoms with Gasteiger partial charge >= 0.3 is 0 Å². The van der Waals surface area contributed by atoms with Gasteiger partial charge in [-0.1, -0.05) is 18.2 Å². The number of thiazole rings is 1. The molecule has 1 unspecified atom stereocenters. The van der Waals surface area contributed by atoms with Crippen molar-refractivity contribution in [3.05, 3.63) is 41.4 Å². The van der Waals surface area contributed by atoms with E-state index in [1.807, 2.05) is 42.8 Å². The second-order valence-corrected chi connectivity index (χ2v) is 6.92. The van der Waals surface area contributed by atoms with Crippen molar-refractivity contribution < 1.29 is 9.53 Å². The Bertz CT molecular complexity index is 684. The first-order valence-electron chi connectivity index (χ1n) is 8.47. The van der Waals surface area contributed by atoms with E-state index in [1.165, 1.54) is 0 Å². The van der Waals surface area contributed by atoms with E-state index in [0.717, 1.165) is 42.6 Å². The second-order valence-electron chi connectivity index (χ2n) is 6.04. The molecule has 1 N–H and O–H groups in total. The van der Waals surface area contributed by atoms with Gasteiger partial charge in [-0.25, -0.2) is 4.98 Å². The first-order chi connectivity index (χ1) is 12.2. The molecule has 1 aromatic heterocycles. The molecule has 0 aliphatic carbocycles. The van der Waals surface area contributed by atoms with Gasteiger partial charge in [-0.2, -0.15) is 0 Å². The molecule has 1 aliphatic heterocycles. The van der Waals surface area contributed by atoms with E-state index in [4.69, 9.17) is 4.74 Å². The number of rotatable bonds is 6. The van der Waals surface area contributed by atoms with E-state index in [-0.39, 0.29) is 11.9 Å². The van der Waals surface area contributed by atoms with Crippen LogP contribution in [0.1, 0.15) is 12.5 Å². The molecule has 25 heavy (non-hydrogen) atoms. The van der Waals surface area contributed by atoms with Gasteiger partial charge < -0.3 is 15.0 Å². The average molecular weight is 360 g/mol. The van der Waals surface area contributed by atoms with E-state index in [1.54, 1.807) is 18.4 Å². The Hall–Kier alpha value is -2.12. The van der Waals surface area contributed by atoms with Gasteiger partial charge in [-0.3, -0.25) is 9.69 Å². The molecule has 7 heteroatoms. The van der Waals surface area contributed by atoms with Gasteiger partial charge in [0.05, 0.1) is 13.2 Å². The highest BCUT2D eigenvalue weighted by molar-refractivity contribution is 7.13. The Morgan fingerprint density at radius 1 is 1.32 bits per heavy atom. The number of nitrogens with zero attached hydrogens (tertiary/aromatic N) is 3. The minimum absolute atomic E-state index is 0.0496. The van der Waals surface area contributed by atoms with Crippen LogP contribution in [0.15, 0.2) is 35.8 Å². The van der Waals surface area contributed by atoms with Crippen molar-refractivity contribution in [1.29, 1.82) is 0 Å². The zero-order chi connectivity index (χ0) is 17.6. The maximum absolute atomic E-state index is 12.5. The summed E-state index contributed by atoms with van der Waals surface area (Å²) < 4.78 is 5.33. The number of aromatic nitrogens is 1. The molecule has 1 fully saturated rings. The van der Waals surface area contributed by atoms with Gasteiger partial charge in [0, 0.05) is 49.9 Å². The maximum atomic E-state index is 12.5. The van der Waals surface area contributed by atoms with Crippen LogP contribution in [-0.2, 0) is 11.3 Å². The third-order valence-electron chi connectivity index (χ3n) is 4.58. The molecule has 0 spiro atoms. The molecule has 0 radical (unpaired) electrons. The summed E-state index contributed by atoms with van der Waals surface area (Å²) in [5.41, 5.74) is 0.985. The molecular weight excluding hydrogens is 336 g/mol. The number of methoxy groups -OCH3 is 1. The largest absolute Gasteiger partial charge is 0.496 e. The highest BCUT2D eigenvalue weighted by Gasteiger charge is 2.26. The Kier molecular flexibility index (Phi) is 5.88. The molecule has 1 saturated heterocycles. The summed E-state index contributed by atoms with van der Waals surface area (Å²) in [5, 5.41) is 6.08. The Morgan fingerprint density at radius 2 is 2.08 bits per heavy atom. The fourth-order valence-corrected chi connectivity index (χ4v) is 3.71. The summed E-state index contributed by atoms with van der Waals surface area (Å²) in [6.45, 7) is 5.98. The molecule has 1 aliphatic rings. The predicted octanol–water partition coefficient (Wildman–Crippen LogP) is 1.98. The van der Waals surface area contributed by atoms with Gasteiger partial charge in [-0.05, 0) is 13.0 Å². The number of carbonyl (C=O) groups excluding carboxylic acids is 1. The number of nitrogens with one attached hydrogen (secondary N) is 1. The van der Waals surface area contributed by atoms with Gasteiger partial charge in [0.25, 0.3) is 0 Å². The van der Waals surface area contributed by atoms with Crippen molar-refractivity contribution in [1.82, 2.24) is 15.2 Å². The number of amides is 1. The van der Waals surface area contributed by atoms with Crippen LogP contribution in [-0.4, -0.2) is 55.1 Å². The first kappa shape index (κ1) is 17.7. The van der Waals surface area contributed by atoms with Crippen molar-refractivity contribution in [3.8, 4) is 5.75 Å².